The zero-order valence-corrected chi connectivity index (χ0v) is 13.4. The molecule has 0 radical (unpaired) electrons. The molecule has 7 heteroatoms. The minimum atomic E-state index is -0.700. The number of hydrogen-bond acceptors (Lipinski definition) is 4. The van der Waals surface area contributed by atoms with E-state index in [9.17, 15) is 14.7 Å². The zero-order chi connectivity index (χ0) is 14.6. The number of halogens is 1. The maximum absolute atomic E-state index is 12.5. The minimum absolute atomic E-state index is 0.00988. The summed E-state index contributed by atoms with van der Waals surface area (Å²) in [6, 6.07) is 0.00988. The quantitative estimate of drug-likeness (QED) is 0.763. The molecule has 1 amide bonds. The molecule has 1 unspecified atom stereocenters. The second-order valence-corrected chi connectivity index (χ2v) is 6.11. The van der Waals surface area contributed by atoms with Crippen LogP contribution >= 0.6 is 22.6 Å². The highest BCUT2D eigenvalue weighted by molar-refractivity contribution is 14.1. The number of hydrogen-bond donors (Lipinski definition) is 1. The number of likely N-dealkylation sites (N-methyl/N-ethyl adjacent to an activating group) is 1. The van der Waals surface area contributed by atoms with Crippen LogP contribution in [-0.2, 0) is 0 Å². The van der Waals surface area contributed by atoms with Crippen LogP contribution in [0, 0.1) is 3.57 Å². The first-order valence-electron chi connectivity index (χ1n) is 6.50. The van der Waals surface area contributed by atoms with Crippen LogP contribution in [0.3, 0.4) is 0 Å². The molecule has 1 aromatic heterocycles. The Morgan fingerprint density at radius 3 is 2.75 bits per heavy atom. The maximum Gasteiger partial charge on any atom is 0.274 e. The number of aliphatic hydroxyl groups is 1. The fourth-order valence-electron chi connectivity index (χ4n) is 3.13. The van der Waals surface area contributed by atoms with Crippen molar-refractivity contribution in [1.82, 2.24) is 9.47 Å². The number of carbonyl (C=O) groups excluding carboxylic acids is 1. The molecular formula is C13H15IN2O4. The zero-order valence-electron chi connectivity index (χ0n) is 11.2. The van der Waals surface area contributed by atoms with E-state index in [0.717, 1.165) is 0 Å². The van der Waals surface area contributed by atoms with Crippen LogP contribution in [-0.4, -0.2) is 40.7 Å². The Morgan fingerprint density at radius 2 is 2.15 bits per heavy atom. The number of pyridine rings is 1. The number of aromatic nitrogens is 1. The van der Waals surface area contributed by atoms with E-state index >= 15 is 0 Å². The number of ether oxygens (including phenoxy) is 1. The Bertz CT molecular complexity index is 655. The third kappa shape index (κ3) is 1.65. The average molecular weight is 390 g/mol. The molecule has 2 atom stereocenters. The van der Waals surface area contributed by atoms with Gasteiger partial charge in [0.15, 0.2) is 11.4 Å². The summed E-state index contributed by atoms with van der Waals surface area (Å²) in [5.41, 5.74) is 0.517. The summed E-state index contributed by atoms with van der Waals surface area (Å²) in [6.07, 6.45) is -0.173. The van der Waals surface area contributed by atoms with Crippen LogP contribution in [0.15, 0.2) is 4.79 Å². The summed E-state index contributed by atoms with van der Waals surface area (Å²) in [5.74, 6) is -0.121. The molecule has 1 aromatic rings. The smallest absolute Gasteiger partial charge is 0.274 e. The first-order valence-corrected chi connectivity index (χ1v) is 7.58. The van der Waals surface area contributed by atoms with E-state index in [1.54, 1.807) is 9.47 Å². The Labute approximate surface area is 129 Å². The van der Waals surface area contributed by atoms with Crippen molar-refractivity contribution in [2.45, 2.75) is 25.5 Å². The SMILES string of the molecule is CCN1C[C@H]2CC(O)c3c(I)c(=O)c(OC)c(n32)C1=O. The molecule has 20 heavy (non-hydrogen) atoms. The first-order chi connectivity index (χ1) is 9.51. The van der Waals surface area contributed by atoms with Crippen molar-refractivity contribution in [2.75, 3.05) is 20.2 Å². The van der Waals surface area contributed by atoms with Crippen LogP contribution in [0.2, 0.25) is 0 Å². The number of methoxy groups -OCH3 is 1. The minimum Gasteiger partial charge on any atom is -0.491 e. The molecule has 0 saturated carbocycles. The maximum atomic E-state index is 12.5. The van der Waals surface area contributed by atoms with Crippen LogP contribution < -0.4 is 10.2 Å². The summed E-state index contributed by atoms with van der Waals surface area (Å²) in [6.45, 7) is 3.04. The Morgan fingerprint density at radius 1 is 1.45 bits per heavy atom. The normalized spacial score (nSPS) is 24.0. The molecule has 2 aliphatic heterocycles. The van der Waals surface area contributed by atoms with E-state index in [4.69, 9.17) is 4.74 Å². The fourth-order valence-corrected chi connectivity index (χ4v) is 3.99. The number of nitrogens with zero attached hydrogens (tertiary/aromatic N) is 2. The van der Waals surface area contributed by atoms with Gasteiger partial charge in [0.05, 0.1) is 28.5 Å². The predicted octanol–water partition coefficient (Wildman–Crippen LogP) is 0.915. The highest BCUT2D eigenvalue weighted by atomic mass is 127. The summed E-state index contributed by atoms with van der Waals surface area (Å²) < 4.78 is 7.43. The van der Waals surface area contributed by atoms with E-state index in [-0.39, 0.29) is 28.8 Å². The molecule has 3 rings (SSSR count). The third-order valence-electron chi connectivity index (χ3n) is 4.03. The van der Waals surface area contributed by atoms with Gasteiger partial charge in [0.25, 0.3) is 5.91 Å². The lowest BCUT2D eigenvalue weighted by atomic mass is 10.1. The van der Waals surface area contributed by atoms with Crippen LogP contribution in [0.4, 0.5) is 0 Å². The van der Waals surface area contributed by atoms with Gasteiger partial charge in [0.1, 0.15) is 0 Å². The lowest BCUT2D eigenvalue weighted by Crippen LogP contribution is -2.44. The van der Waals surface area contributed by atoms with Crippen LogP contribution in [0.25, 0.3) is 0 Å². The third-order valence-corrected chi connectivity index (χ3v) is 5.07. The Hall–Kier alpha value is -1.09. The molecule has 0 fully saturated rings. The Balaban J connectivity index is 2.37. The summed E-state index contributed by atoms with van der Waals surface area (Å²) in [4.78, 5) is 26.5. The van der Waals surface area contributed by atoms with Crippen molar-refractivity contribution >= 4 is 28.5 Å². The molecular weight excluding hydrogens is 375 g/mol. The van der Waals surface area contributed by atoms with Gasteiger partial charge in [-0.3, -0.25) is 9.59 Å². The monoisotopic (exact) mass is 390 g/mol. The number of rotatable bonds is 2. The molecule has 108 valence electrons. The predicted molar refractivity (Wildman–Crippen MR) is 80.2 cm³/mol. The van der Waals surface area contributed by atoms with E-state index in [1.807, 2.05) is 29.5 Å². The van der Waals surface area contributed by atoms with Crippen molar-refractivity contribution in [2.24, 2.45) is 0 Å². The van der Waals surface area contributed by atoms with Crippen LogP contribution in [0.5, 0.6) is 5.75 Å². The number of aliphatic hydroxyl groups excluding tert-OH is 1. The van der Waals surface area contributed by atoms with Gasteiger partial charge >= 0.3 is 0 Å². The molecule has 1 N–H and O–H groups in total. The first kappa shape index (κ1) is 13.9. The van der Waals surface area contributed by atoms with Crippen molar-refractivity contribution in [3.63, 3.8) is 0 Å². The standard InChI is InChI=1S/C13H15IN2O4/c1-3-15-5-6-4-7(17)9-8(14)11(18)12(20-2)10(13(15)19)16(6)9/h6-7,17H,3-5H2,1-2H3/t6-,7?/m1/s1. The second kappa shape index (κ2) is 4.73. The number of amides is 1. The lowest BCUT2D eigenvalue weighted by molar-refractivity contribution is 0.0668. The molecule has 2 aliphatic rings. The van der Waals surface area contributed by atoms with Gasteiger partial charge in [0.2, 0.25) is 5.43 Å². The van der Waals surface area contributed by atoms with Gasteiger partial charge < -0.3 is 19.3 Å². The van der Waals surface area contributed by atoms with E-state index < -0.39 is 6.10 Å². The summed E-state index contributed by atoms with van der Waals surface area (Å²) in [7, 11) is 1.40. The molecule has 0 spiro atoms. The van der Waals surface area contributed by atoms with Gasteiger partial charge in [0, 0.05) is 19.5 Å². The van der Waals surface area contributed by atoms with E-state index in [2.05, 4.69) is 0 Å². The molecule has 0 aromatic carbocycles. The van der Waals surface area contributed by atoms with Crippen molar-refractivity contribution < 1.29 is 14.6 Å². The highest BCUT2D eigenvalue weighted by Crippen LogP contribution is 2.42. The molecule has 3 heterocycles. The summed E-state index contributed by atoms with van der Waals surface area (Å²) >= 11 is 1.93. The highest BCUT2D eigenvalue weighted by Gasteiger charge is 2.43. The molecule has 0 saturated heterocycles. The van der Waals surface area contributed by atoms with Crippen LogP contribution in [0.1, 0.15) is 41.7 Å². The van der Waals surface area contributed by atoms with Gasteiger partial charge in [-0.15, -0.1) is 0 Å². The second-order valence-electron chi connectivity index (χ2n) is 5.03. The fraction of sp³-hybridized carbons (Fsp3) is 0.538. The molecule has 0 aliphatic carbocycles. The Kier molecular flexibility index (Phi) is 3.28. The summed E-state index contributed by atoms with van der Waals surface area (Å²) in [5, 5.41) is 10.2. The largest absolute Gasteiger partial charge is 0.491 e. The topological polar surface area (TPSA) is 71.8 Å². The van der Waals surface area contributed by atoms with Crippen molar-refractivity contribution in [3.8, 4) is 5.75 Å². The molecule has 6 nitrogen and oxygen atoms in total. The average Bonchev–Trinajstić information content (AvgIpc) is 2.75. The molecule has 0 bridgehead atoms. The van der Waals surface area contributed by atoms with Crippen molar-refractivity contribution in [3.05, 3.63) is 25.2 Å². The van der Waals surface area contributed by atoms with E-state index in [0.29, 0.717) is 28.8 Å². The van der Waals surface area contributed by atoms with Crippen molar-refractivity contribution in [1.29, 1.82) is 0 Å². The van der Waals surface area contributed by atoms with Gasteiger partial charge in [-0.25, -0.2) is 0 Å². The van der Waals surface area contributed by atoms with Gasteiger partial charge in [-0.05, 0) is 29.5 Å². The number of carbonyl (C=O) groups is 1. The van der Waals surface area contributed by atoms with E-state index in [1.165, 1.54) is 7.11 Å². The van der Waals surface area contributed by atoms with Gasteiger partial charge in [-0.2, -0.15) is 0 Å². The lowest BCUT2D eigenvalue weighted by Gasteiger charge is -2.34. The van der Waals surface area contributed by atoms with Gasteiger partial charge in [-0.1, -0.05) is 0 Å².